The summed E-state index contributed by atoms with van der Waals surface area (Å²) >= 11 is 3.46. The first kappa shape index (κ1) is 21.8. The zero-order valence-electron chi connectivity index (χ0n) is 15.6. The molecular formula is C18H20BrFN4O3S. The average Bonchev–Trinajstić information content (AvgIpc) is 2.59. The van der Waals surface area contributed by atoms with Crippen LogP contribution in [0.25, 0.3) is 0 Å². The standard InChI is InChI=1S/C18H20BrFN4O3S/c1-23(2)16-9-8-13(10-14(16)19)11-21-22-18(25)12-24(28(3,26)27)17-7-5-4-6-15(17)20/h4-11H,12H2,1-3H3,(H,22,25)/b21-11-. The molecule has 150 valence electrons. The number of benzene rings is 2. The number of hydrogen-bond acceptors (Lipinski definition) is 5. The van der Waals surface area contributed by atoms with Crippen molar-refractivity contribution in [1.82, 2.24) is 5.43 Å². The minimum Gasteiger partial charge on any atom is -0.377 e. The minimum atomic E-state index is -3.86. The summed E-state index contributed by atoms with van der Waals surface area (Å²) in [6.45, 7) is -0.597. The number of anilines is 2. The monoisotopic (exact) mass is 470 g/mol. The number of hydrogen-bond donors (Lipinski definition) is 1. The van der Waals surface area contributed by atoms with Crippen molar-refractivity contribution in [3.8, 4) is 0 Å². The molecule has 2 aromatic rings. The Hall–Kier alpha value is -2.46. The Kier molecular flexibility index (Phi) is 7.14. The molecule has 0 aromatic heterocycles. The van der Waals surface area contributed by atoms with Crippen molar-refractivity contribution in [1.29, 1.82) is 0 Å². The molecule has 28 heavy (non-hydrogen) atoms. The SMILES string of the molecule is CN(C)c1ccc(/C=N\NC(=O)CN(c2ccccc2F)S(C)(=O)=O)cc1Br. The molecule has 1 N–H and O–H groups in total. The fraction of sp³-hybridized carbons (Fsp3) is 0.222. The molecule has 0 spiro atoms. The highest BCUT2D eigenvalue weighted by molar-refractivity contribution is 9.10. The fourth-order valence-electron chi connectivity index (χ4n) is 2.35. The van der Waals surface area contributed by atoms with Gasteiger partial charge in [-0.2, -0.15) is 5.10 Å². The normalized spacial score (nSPS) is 11.5. The number of halogens is 2. The highest BCUT2D eigenvalue weighted by Gasteiger charge is 2.23. The molecule has 0 aliphatic carbocycles. The fourth-order valence-corrected chi connectivity index (χ4v) is 3.95. The Balaban J connectivity index is 2.09. The van der Waals surface area contributed by atoms with Gasteiger partial charge in [0.15, 0.2) is 0 Å². The van der Waals surface area contributed by atoms with E-state index in [9.17, 15) is 17.6 Å². The van der Waals surface area contributed by atoms with Crippen LogP contribution in [-0.2, 0) is 14.8 Å². The lowest BCUT2D eigenvalue weighted by molar-refractivity contribution is -0.119. The van der Waals surface area contributed by atoms with E-state index in [2.05, 4.69) is 26.5 Å². The lowest BCUT2D eigenvalue weighted by atomic mass is 10.2. The molecule has 0 atom stereocenters. The van der Waals surface area contributed by atoms with Gasteiger partial charge in [-0.05, 0) is 45.8 Å². The first-order chi connectivity index (χ1) is 13.1. The second kappa shape index (κ2) is 9.16. The van der Waals surface area contributed by atoms with Gasteiger partial charge in [0.2, 0.25) is 10.0 Å². The topological polar surface area (TPSA) is 82.1 Å². The molecule has 0 bridgehead atoms. The Morgan fingerprint density at radius 1 is 1.21 bits per heavy atom. The van der Waals surface area contributed by atoms with Crippen molar-refractivity contribution in [2.75, 3.05) is 36.1 Å². The number of rotatable bonds is 7. The van der Waals surface area contributed by atoms with E-state index in [4.69, 9.17) is 0 Å². The van der Waals surface area contributed by atoms with Gasteiger partial charge in [-0.3, -0.25) is 9.10 Å². The van der Waals surface area contributed by atoms with Gasteiger partial charge in [0.1, 0.15) is 12.4 Å². The Bertz CT molecular complexity index is 996. The predicted octanol–water partition coefficient (Wildman–Crippen LogP) is 2.57. The van der Waals surface area contributed by atoms with Gasteiger partial charge < -0.3 is 4.90 Å². The highest BCUT2D eigenvalue weighted by Crippen LogP contribution is 2.25. The number of nitrogens with zero attached hydrogens (tertiary/aromatic N) is 3. The van der Waals surface area contributed by atoms with Crippen molar-refractivity contribution in [3.63, 3.8) is 0 Å². The number of para-hydroxylation sites is 1. The van der Waals surface area contributed by atoms with Gasteiger partial charge in [-0.1, -0.05) is 18.2 Å². The molecule has 0 aliphatic rings. The van der Waals surface area contributed by atoms with Crippen LogP contribution in [0.2, 0.25) is 0 Å². The third-order valence-electron chi connectivity index (χ3n) is 3.67. The van der Waals surface area contributed by atoms with E-state index in [1.165, 1.54) is 24.4 Å². The maximum Gasteiger partial charge on any atom is 0.260 e. The van der Waals surface area contributed by atoms with Gasteiger partial charge in [0, 0.05) is 18.6 Å². The smallest absolute Gasteiger partial charge is 0.260 e. The van der Waals surface area contributed by atoms with E-state index in [0.29, 0.717) is 4.31 Å². The number of nitrogens with one attached hydrogen (secondary N) is 1. The Morgan fingerprint density at radius 2 is 1.89 bits per heavy atom. The lowest BCUT2D eigenvalue weighted by Gasteiger charge is -2.21. The van der Waals surface area contributed by atoms with Gasteiger partial charge in [-0.25, -0.2) is 18.2 Å². The van der Waals surface area contributed by atoms with Crippen LogP contribution >= 0.6 is 15.9 Å². The molecule has 0 unspecified atom stereocenters. The third-order valence-corrected chi connectivity index (χ3v) is 5.43. The molecule has 0 saturated heterocycles. The molecule has 7 nitrogen and oxygen atoms in total. The third kappa shape index (κ3) is 5.77. The van der Waals surface area contributed by atoms with Crippen LogP contribution in [-0.4, -0.2) is 47.4 Å². The van der Waals surface area contributed by atoms with Crippen LogP contribution < -0.4 is 14.6 Å². The van der Waals surface area contributed by atoms with E-state index >= 15 is 0 Å². The summed E-state index contributed by atoms with van der Waals surface area (Å²) in [5.41, 5.74) is 3.76. The molecule has 0 fully saturated rings. The summed E-state index contributed by atoms with van der Waals surface area (Å²) < 4.78 is 39.4. The predicted molar refractivity (Wildman–Crippen MR) is 113 cm³/mol. The quantitative estimate of drug-likeness (QED) is 0.497. The van der Waals surface area contributed by atoms with Crippen LogP contribution in [0, 0.1) is 5.82 Å². The summed E-state index contributed by atoms with van der Waals surface area (Å²) in [5.74, 6) is -1.44. The summed E-state index contributed by atoms with van der Waals surface area (Å²) in [5, 5.41) is 3.83. The summed E-state index contributed by atoms with van der Waals surface area (Å²) in [4.78, 5) is 14.1. The van der Waals surface area contributed by atoms with Crippen molar-refractivity contribution in [2.24, 2.45) is 5.10 Å². The second-order valence-corrected chi connectivity index (χ2v) is 8.88. The van der Waals surface area contributed by atoms with Crippen molar-refractivity contribution >= 4 is 49.4 Å². The van der Waals surface area contributed by atoms with Crippen molar-refractivity contribution in [3.05, 3.63) is 58.3 Å². The first-order valence-electron chi connectivity index (χ1n) is 8.10. The first-order valence-corrected chi connectivity index (χ1v) is 10.7. The Labute approximate surface area is 172 Å². The minimum absolute atomic E-state index is 0.202. The van der Waals surface area contributed by atoms with E-state index in [1.807, 2.05) is 37.2 Å². The summed E-state index contributed by atoms with van der Waals surface area (Å²) in [6.07, 6.45) is 2.33. The lowest BCUT2D eigenvalue weighted by Crippen LogP contribution is -2.39. The van der Waals surface area contributed by atoms with E-state index in [0.717, 1.165) is 28.0 Å². The molecule has 0 aliphatic heterocycles. The summed E-state index contributed by atoms with van der Waals surface area (Å²) in [7, 11) is -0.0338. The zero-order chi connectivity index (χ0) is 20.9. The maximum absolute atomic E-state index is 13.9. The molecule has 0 radical (unpaired) electrons. The highest BCUT2D eigenvalue weighted by atomic mass is 79.9. The molecule has 0 heterocycles. The van der Waals surface area contributed by atoms with Crippen molar-refractivity contribution < 1.29 is 17.6 Å². The number of carbonyl (C=O) groups excluding carboxylic acids is 1. The molecule has 10 heteroatoms. The zero-order valence-corrected chi connectivity index (χ0v) is 18.0. The van der Waals surface area contributed by atoms with Gasteiger partial charge in [-0.15, -0.1) is 0 Å². The van der Waals surface area contributed by atoms with Gasteiger partial charge in [0.05, 0.1) is 23.8 Å². The van der Waals surface area contributed by atoms with Crippen LogP contribution in [0.1, 0.15) is 5.56 Å². The van der Waals surface area contributed by atoms with Crippen LogP contribution in [0.5, 0.6) is 0 Å². The van der Waals surface area contributed by atoms with Crippen LogP contribution in [0.15, 0.2) is 52.0 Å². The van der Waals surface area contributed by atoms with Gasteiger partial charge in [0.25, 0.3) is 5.91 Å². The average molecular weight is 471 g/mol. The number of sulfonamides is 1. The van der Waals surface area contributed by atoms with Crippen molar-refractivity contribution in [2.45, 2.75) is 0 Å². The van der Waals surface area contributed by atoms with E-state index in [1.54, 1.807) is 0 Å². The molecular weight excluding hydrogens is 451 g/mol. The largest absolute Gasteiger partial charge is 0.377 e. The second-order valence-electron chi connectivity index (χ2n) is 6.12. The Morgan fingerprint density at radius 3 is 2.46 bits per heavy atom. The molecule has 2 aromatic carbocycles. The number of amides is 1. The summed E-state index contributed by atoms with van der Waals surface area (Å²) in [6, 6.07) is 10.9. The van der Waals surface area contributed by atoms with E-state index in [-0.39, 0.29) is 5.69 Å². The number of hydrazone groups is 1. The van der Waals surface area contributed by atoms with Crippen LogP contribution in [0.4, 0.5) is 15.8 Å². The number of carbonyl (C=O) groups is 1. The molecule has 1 amide bonds. The van der Waals surface area contributed by atoms with Crippen LogP contribution in [0.3, 0.4) is 0 Å². The van der Waals surface area contributed by atoms with E-state index < -0.39 is 28.3 Å². The molecule has 0 saturated carbocycles. The van der Waals surface area contributed by atoms with Gasteiger partial charge >= 0.3 is 0 Å². The maximum atomic E-state index is 13.9. The molecule has 2 rings (SSSR count).